The summed E-state index contributed by atoms with van der Waals surface area (Å²) < 4.78 is 11.4. The highest BCUT2D eigenvalue weighted by Crippen LogP contribution is 2.35. The van der Waals surface area contributed by atoms with Crippen LogP contribution < -0.4 is 5.32 Å². The van der Waals surface area contributed by atoms with Crippen molar-refractivity contribution in [2.75, 3.05) is 19.8 Å². The van der Waals surface area contributed by atoms with E-state index in [9.17, 15) is 9.59 Å². The van der Waals surface area contributed by atoms with Crippen molar-refractivity contribution in [2.45, 2.75) is 50.2 Å². The Balaban J connectivity index is 1.51. The lowest BCUT2D eigenvalue weighted by atomic mass is 9.86. The number of nitrogens with one attached hydrogen (secondary N) is 1. The summed E-state index contributed by atoms with van der Waals surface area (Å²) in [6, 6.07) is 5.49. The quantitative estimate of drug-likeness (QED) is 0.904. The molecule has 4 rings (SSSR count). The molecule has 2 saturated heterocycles. The Morgan fingerprint density at radius 1 is 1.17 bits per heavy atom. The lowest BCUT2D eigenvalue weighted by molar-refractivity contribution is -0.0872. The zero-order valence-corrected chi connectivity index (χ0v) is 13.8. The van der Waals surface area contributed by atoms with Gasteiger partial charge in [0.1, 0.15) is 0 Å². The van der Waals surface area contributed by atoms with Gasteiger partial charge >= 0.3 is 0 Å². The van der Waals surface area contributed by atoms with Gasteiger partial charge in [-0.25, -0.2) is 0 Å². The Bertz CT molecular complexity index is 663. The number of ether oxygens (including phenoxy) is 2. The molecule has 1 atom stereocenters. The number of carbonyl (C=O) groups is 2. The first-order chi connectivity index (χ1) is 11.7. The Labute approximate surface area is 141 Å². The Hall–Kier alpha value is -1.72. The van der Waals surface area contributed by atoms with Crippen molar-refractivity contribution in [3.05, 3.63) is 34.9 Å². The smallest absolute Gasteiger partial charge is 0.251 e. The number of hydrogen-bond acceptors (Lipinski definition) is 4. The molecule has 0 radical (unpaired) electrons. The molecule has 24 heavy (non-hydrogen) atoms. The van der Waals surface area contributed by atoms with E-state index in [0.29, 0.717) is 31.8 Å². The van der Waals surface area contributed by atoms with Crippen molar-refractivity contribution in [1.29, 1.82) is 0 Å². The van der Waals surface area contributed by atoms with Crippen LogP contribution in [-0.4, -0.2) is 43.2 Å². The number of Topliss-reactive ketones (excluding diaryl/α,β-unsaturated/α-hetero) is 1. The van der Waals surface area contributed by atoms with Crippen molar-refractivity contribution >= 4 is 11.7 Å². The van der Waals surface area contributed by atoms with Gasteiger partial charge in [0, 0.05) is 50.2 Å². The number of aryl methyl sites for hydroxylation is 1. The average Bonchev–Trinajstić information content (AvgIpc) is 2.97. The molecule has 3 aliphatic rings. The Kier molecular flexibility index (Phi) is 4.14. The largest absolute Gasteiger partial charge is 0.381 e. The third kappa shape index (κ3) is 2.76. The van der Waals surface area contributed by atoms with E-state index in [2.05, 4.69) is 5.32 Å². The number of amides is 1. The molecule has 128 valence electrons. The summed E-state index contributed by atoms with van der Waals surface area (Å²) in [4.78, 5) is 24.6. The molecule has 1 amide bonds. The molecule has 5 heteroatoms. The van der Waals surface area contributed by atoms with Crippen molar-refractivity contribution in [3.63, 3.8) is 0 Å². The minimum absolute atomic E-state index is 0.0339. The van der Waals surface area contributed by atoms with Gasteiger partial charge in [-0.05, 0) is 37.0 Å². The highest BCUT2D eigenvalue weighted by Gasteiger charge is 2.46. The number of benzene rings is 1. The normalized spacial score (nSPS) is 25.5. The molecule has 1 N–H and O–H groups in total. The van der Waals surface area contributed by atoms with E-state index in [0.717, 1.165) is 43.2 Å². The highest BCUT2D eigenvalue weighted by molar-refractivity contribution is 6.01. The molecule has 1 aromatic rings. The molecule has 2 heterocycles. The summed E-state index contributed by atoms with van der Waals surface area (Å²) in [7, 11) is 0. The topological polar surface area (TPSA) is 64.6 Å². The highest BCUT2D eigenvalue weighted by atomic mass is 16.5. The molecule has 0 saturated carbocycles. The fraction of sp³-hybridized carbons (Fsp3) is 0.579. The molecule has 0 aromatic heterocycles. The SMILES string of the molecule is O=C(N[C@H]1CCOC12CCOCC2)c1ccc2c(c1)CCCC2=O. The number of rotatable bonds is 2. The lowest BCUT2D eigenvalue weighted by Crippen LogP contribution is -2.52. The minimum Gasteiger partial charge on any atom is -0.381 e. The standard InChI is InChI=1S/C19H23NO4/c21-16-3-1-2-13-12-14(4-5-15(13)16)18(22)20-17-6-9-24-19(17)7-10-23-11-8-19/h4-5,12,17H,1-3,6-11H2,(H,20,22)/t17-/m0/s1. The average molecular weight is 329 g/mol. The van der Waals surface area contributed by atoms with Crippen LogP contribution in [0.25, 0.3) is 0 Å². The minimum atomic E-state index is -0.266. The third-order valence-electron chi connectivity index (χ3n) is 5.59. The third-order valence-corrected chi connectivity index (χ3v) is 5.59. The van der Waals surface area contributed by atoms with E-state index < -0.39 is 0 Å². The molecule has 0 bridgehead atoms. The summed E-state index contributed by atoms with van der Waals surface area (Å²) >= 11 is 0. The monoisotopic (exact) mass is 329 g/mol. The summed E-state index contributed by atoms with van der Waals surface area (Å²) in [5, 5.41) is 3.17. The van der Waals surface area contributed by atoms with Gasteiger partial charge in [-0.1, -0.05) is 6.07 Å². The second-order valence-corrected chi connectivity index (χ2v) is 6.99. The van der Waals surface area contributed by atoms with Crippen LogP contribution in [0.2, 0.25) is 0 Å². The second-order valence-electron chi connectivity index (χ2n) is 6.99. The zero-order valence-electron chi connectivity index (χ0n) is 13.8. The molecule has 5 nitrogen and oxygen atoms in total. The van der Waals surface area contributed by atoms with Gasteiger partial charge in [-0.15, -0.1) is 0 Å². The molecule has 0 unspecified atom stereocenters. The van der Waals surface area contributed by atoms with Crippen LogP contribution in [0.5, 0.6) is 0 Å². The van der Waals surface area contributed by atoms with Gasteiger partial charge in [0.2, 0.25) is 0 Å². The number of hydrogen-bond donors (Lipinski definition) is 1. The molecule has 1 aromatic carbocycles. The summed E-state index contributed by atoms with van der Waals surface area (Å²) in [6.07, 6.45) is 4.86. The molecule has 1 spiro atoms. The Morgan fingerprint density at radius 2 is 2.00 bits per heavy atom. The molecule has 1 aliphatic carbocycles. The zero-order chi connectivity index (χ0) is 16.6. The summed E-state index contributed by atoms with van der Waals surface area (Å²) in [6.45, 7) is 2.06. The van der Waals surface area contributed by atoms with E-state index >= 15 is 0 Å². The lowest BCUT2D eigenvalue weighted by Gasteiger charge is -2.37. The van der Waals surface area contributed by atoms with Crippen LogP contribution in [0.15, 0.2) is 18.2 Å². The van der Waals surface area contributed by atoms with Crippen LogP contribution in [0.4, 0.5) is 0 Å². The number of ketones is 1. The first kappa shape index (κ1) is 15.8. The maximum Gasteiger partial charge on any atom is 0.251 e. The van der Waals surface area contributed by atoms with Gasteiger partial charge in [0.15, 0.2) is 5.78 Å². The summed E-state index contributed by atoms with van der Waals surface area (Å²) in [5.41, 5.74) is 2.15. The van der Waals surface area contributed by atoms with Crippen LogP contribution >= 0.6 is 0 Å². The maximum atomic E-state index is 12.7. The van der Waals surface area contributed by atoms with Crippen molar-refractivity contribution in [3.8, 4) is 0 Å². The predicted molar refractivity (Wildman–Crippen MR) is 88.3 cm³/mol. The van der Waals surface area contributed by atoms with Crippen LogP contribution in [-0.2, 0) is 15.9 Å². The number of fused-ring (bicyclic) bond motifs is 1. The predicted octanol–water partition coefficient (Wildman–Crippen LogP) is 2.27. The maximum absolute atomic E-state index is 12.7. The van der Waals surface area contributed by atoms with E-state index in [-0.39, 0.29) is 23.3 Å². The fourth-order valence-electron chi connectivity index (χ4n) is 4.19. The van der Waals surface area contributed by atoms with E-state index in [4.69, 9.17) is 9.47 Å². The summed E-state index contributed by atoms with van der Waals surface area (Å²) in [5.74, 6) is 0.116. The first-order valence-electron chi connectivity index (χ1n) is 8.87. The van der Waals surface area contributed by atoms with Crippen LogP contribution in [0, 0.1) is 0 Å². The van der Waals surface area contributed by atoms with Crippen molar-refractivity contribution in [2.24, 2.45) is 0 Å². The van der Waals surface area contributed by atoms with Gasteiger partial charge in [-0.3, -0.25) is 9.59 Å². The second kappa shape index (κ2) is 6.30. The van der Waals surface area contributed by atoms with Gasteiger partial charge in [0.05, 0.1) is 11.6 Å². The van der Waals surface area contributed by atoms with Gasteiger partial charge < -0.3 is 14.8 Å². The molecular weight excluding hydrogens is 306 g/mol. The van der Waals surface area contributed by atoms with Crippen LogP contribution in [0.1, 0.15) is 58.4 Å². The molecule has 2 fully saturated rings. The van der Waals surface area contributed by atoms with E-state index in [1.807, 2.05) is 6.07 Å². The molecular formula is C19H23NO4. The van der Waals surface area contributed by atoms with Crippen LogP contribution in [0.3, 0.4) is 0 Å². The fourth-order valence-corrected chi connectivity index (χ4v) is 4.19. The van der Waals surface area contributed by atoms with Gasteiger partial charge in [-0.2, -0.15) is 0 Å². The first-order valence-corrected chi connectivity index (χ1v) is 8.87. The molecule has 2 aliphatic heterocycles. The Morgan fingerprint density at radius 3 is 2.83 bits per heavy atom. The number of carbonyl (C=O) groups excluding carboxylic acids is 2. The van der Waals surface area contributed by atoms with Gasteiger partial charge in [0.25, 0.3) is 5.91 Å². The van der Waals surface area contributed by atoms with Crippen molar-refractivity contribution in [1.82, 2.24) is 5.32 Å². The van der Waals surface area contributed by atoms with E-state index in [1.54, 1.807) is 12.1 Å². The van der Waals surface area contributed by atoms with Crippen molar-refractivity contribution < 1.29 is 19.1 Å². The van der Waals surface area contributed by atoms with E-state index in [1.165, 1.54) is 0 Å².